The van der Waals surface area contributed by atoms with E-state index in [1.807, 2.05) is 36.5 Å². The summed E-state index contributed by atoms with van der Waals surface area (Å²) in [5.41, 5.74) is 0.876. The average molecular weight is 333 g/mol. The van der Waals surface area contributed by atoms with Gasteiger partial charge in [-0.15, -0.1) is 0 Å². The van der Waals surface area contributed by atoms with E-state index in [9.17, 15) is 4.79 Å². The molecule has 5 heteroatoms. The Labute approximate surface area is 145 Å². The number of rotatable bonds is 2. The summed E-state index contributed by atoms with van der Waals surface area (Å²) in [5.74, 6) is 0.645. The molecule has 0 aromatic carbocycles. The predicted octanol–water partition coefficient (Wildman–Crippen LogP) is 4.85. The minimum Gasteiger partial charge on any atom is -0.444 e. The van der Waals surface area contributed by atoms with Crippen molar-refractivity contribution in [1.82, 2.24) is 14.7 Å². The number of hydrogen-bond donors (Lipinski definition) is 0. The van der Waals surface area contributed by atoms with Gasteiger partial charge >= 0.3 is 6.09 Å². The third-order valence-corrected chi connectivity index (χ3v) is 5.10. The summed E-state index contributed by atoms with van der Waals surface area (Å²) in [6.07, 6.45) is 13.6. The lowest BCUT2D eigenvalue weighted by Crippen LogP contribution is -2.44. The zero-order valence-corrected chi connectivity index (χ0v) is 15.3. The number of carbonyl (C=O) groups is 1. The Hall–Kier alpha value is -1.52. The minimum absolute atomic E-state index is 0.00839. The number of carbonyl (C=O) groups excluding carboxylic acids is 1. The lowest BCUT2D eigenvalue weighted by molar-refractivity contribution is -0.00347. The standard InChI is InChI=1S/C19H31N3O2/c1-19(2,3)24-18(23)21-12-8-7-11-17(21)22-14-16(13-20-22)15-9-5-4-6-10-15/h13-15,17H,4-12H2,1-3H3. The summed E-state index contributed by atoms with van der Waals surface area (Å²) in [6, 6.07) is 0. The Balaban J connectivity index is 1.73. The van der Waals surface area contributed by atoms with Crippen LogP contribution in [0.15, 0.2) is 12.4 Å². The molecule has 0 spiro atoms. The van der Waals surface area contributed by atoms with Crippen molar-refractivity contribution in [3.63, 3.8) is 0 Å². The van der Waals surface area contributed by atoms with Crippen molar-refractivity contribution in [1.29, 1.82) is 0 Å². The van der Waals surface area contributed by atoms with Crippen LogP contribution in [-0.2, 0) is 4.74 Å². The van der Waals surface area contributed by atoms with Crippen LogP contribution < -0.4 is 0 Å². The monoisotopic (exact) mass is 333 g/mol. The minimum atomic E-state index is -0.462. The molecular formula is C19H31N3O2. The molecule has 5 nitrogen and oxygen atoms in total. The summed E-state index contributed by atoms with van der Waals surface area (Å²) in [6.45, 7) is 6.50. The summed E-state index contributed by atoms with van der Waals surface area (Å²) in [4.78, 5) is 14.4. The Morgan fingerprint density at radius 1 is 1.12 bits per heavy atom. The highest BCUT2D eigenvalue weighted by Gasteiger charge is 2.32. The number of hydrogen-bond acceptors (Lipinski definition) is 3. The van der Waals surface area contributed by atoms with E-state index in [-0.39, 0.29) is 12.3 Å². The van der Waals surface area contributed by atoms with Crippen LogP contribution in [0.5, 0.6) is 0 Å². The molecule has 3 rings (SSSR count). The van der Waals surface area contributed by atoms with Gasteiger partial charge in [-0.25, -0.2) is 9.48 Å². The van der Waals surface area contributed by atoms with Gasteiger partial charge in [0.05, 0.1) is 6.20 Å². The maximum atomic E-state index is 12.6. The first-order chi connectivity index (χ1) is 11.4. The number of likely N-dealkylation sites (tertiary alicyclic amines) is 1. The Morgan fingerprint density at radius 2 is 1.83 bits per heavy atom. The van der Waals surface area contributed by atoms with Crippen molar-refractivity contribution in [3.05, 3.63) is 18.0 Å². The van der Waals surface area contributed by atoms with E-state index in [4.69, 9.17) is 4.74 Å². The van der Waals surface area contributed by atoms with Gasteiger partial charge in [0.25, 0.3) is 0 Å². The number of nitrogens with zero attached hydrogens (tertiary/aromatic N) is 3. The first-order valence-electron chi connectivity index (χ1n) is 9.48. The molecule has 1 amide bonds. The van der Waals surface area contributed by atoms with Crippen molar-refractivity contribution in [2.45, 2.75) is 89.8 Å². The highest BCUT2D eigenvalue weighted by Crippen LogP contribution is 2.34. The molecule has 134 valence electrons. The fourth-order valence-electron chi connectivity index (χ4n) is 3.88. The molecule has 1 atom stereocenters. The van der Waals surface area contributed by atoms with E-state index in [1.54, 1.807) is 0 Å². The van der Waals surface area contributed by atoms with Gasteiger partial charge in [0, 0.05) is 12.7 Å². The van der Waals surface area contributed by atoms with Crippen LogP contribution in [0.3, 0.4) is 0 Å². The largest absolute Gasteiger partial charge is 0.444 e. The first-order valence-corrected chi connectivity index (χ1v) is 9.48. The first kappa shape index (κ1) is 17.3. The predicted molar refractivity (Wildman–Crippen MR) is 93.9 cm³/mol. The molecule has 0 bridgehead atoms. The van der Waals surface area contributed by atoms with Crippen molar-refractivity contribution >= 4 is 6.09 Å². The van der Waals surface area contributed by atoms with Gasteiger partial charge in [0.1, 0.15) is 11.8 Å². The molecule has 1 aliphatic carbocycles. The normalized spacial score (nSPS) is 23.3. The van der Waals surface area contributed by atoms with Crippen LogP contribution in [0.1, 0.15) is 89.8 Å². The fraction of sp³-hybridized carbons (Fsp3) is 0.789. The summed E-state index contributed by atoms with van der Waals surface area (Å²) < 4.78 is 7.59. The molecule has 24 heavy (non-hydrogen) atoms. The number of amides is 1. The lowest BCUT2D eigenvalue weighted by atomic mass is 9.85. The van der Waals surface area contributed by atoms with Gasteiger partial charge in [-0.1, -0.05) is 19.3 Å². The average Bonchev–Trinajstić information content (AvgIpc) is 3.04. The molecule has 1 unspecified atom stereocenters. The van der Waals surface area contributed by atoms with Crippen LogP contribution in [-0.4, -0.2) is 32.9 Å². The lowest BCUT2D eigenvalue weighted by Gasteiger charge is -2.36. The Morgan fingerprint density at radius 3 is 2.54 bits per heavy atom. The van der Waals surface area contributed by atoms with Crippen LogP contribution in [0, 0.1) is 0 Å². The molecule has 0 radical (unpaired) electrons. The third kappa shape index (κ3) is 4.11. The van der Waals surface area contributed by atoms with Gasteiger partial charge in [-0.2, -0.15) is 5.10 Å². The van der Waals surface area contributed by atoms with Gasteiger partial charge in [0.15, 0.2) is 0 Å². The van der Waals surface area contributed by atoms with Gasteiger partial charge in [0.2, 0.25) is 0 Å². The summed E-state index contributed by atoms with van der Waals surface area (Å²) in [7, 11) is 0. The van der Waals surface area contributed by atoms with Crippen molar-refractivity contribution in [2.24, 2.45) is 0 Å². The highest BCUT2D eigenvalue weighted by atomic mass is 16.6. The van der Waals surface area contributed by atoms with E-state index in [0.717, 1.165) is 25.8 Å². The van der Waals surface area contributed by atoms with Crippen LogP contribution in [0.4, 0.5) is 4.79 Å². The van der Waals surface area contributed by atoms with E-state index >= 15 is 0 Å². The second-order valence-electron chi connectivity index (χ2n) is 8.24. The molecule has 1 saturated heterocycles. The topological polar surface area (TPSA) is 47.4 Å². The third-order valence-electron chi connectivity index (χ3n) is 5.10. The van der Waals surface area contributed by atoms with Crippen molar-refractivity contribution in [2.75, 3.05) is 6.54 Å². The van der Waals surface area contributed by atoms with Crippen molar-refractivity contribution in [3.8, 4) is 0 Å². The van der Waals surface area contributed by atoms with Crippen LogP contribution in [0.25, 0.3) is 0 Å². The number of piperidine rings is 1. The van der Waals surface area contributed by atoms with E-state index in [0.29, 0.717) is 5.92 Å². The number of ether oxygens (including phenoxy) is 1. The smallest absolute Gasteiger partial charge is 0.411 e. The molecule has 1 aliphatic heterocycles. The maximum Gasteiger partial charge on any atom is 0.411 e. The molecule has 2 aliphatic rings. The summed E-state index contributed by atoms with van der Waals surface area (Å²) in [5, 5.41) is 4.61. The molecule has 2 heterocycles. The molecule has 2 fully saturated rings. The second kappa shape index (κ2) is 7.16. The van der Waals surface area contributed by atoms with E-state index in [2.05, 4.69) is 11.3 Å². The van der Waals surface area contributed by atoms with E-state index in [1.165, 1.54) is 37.7 Å². The molecule has 0 N–H and O–H groups in total. The number of aromatic nitrogens is 2. The second-order valence-corrected chi connectivity index (χ2v) is 8.24. The summed E-state index contributed by atoms with van der Waals surface area (Å²) >= 11 is 0. The fourth-order valence-corrected chi connectivity index (χ4v) is 3.88. The maximum absolute atomic E-state index is 12.6. The van der Waals surface area contributed by atoms with Gasteiger partial charge in [-0.05, 0) is 64.4 Å². The van der Waals surface area contributed by atoms with Crippen molar-refractivity contribution < 1.29 is 9.53 Å². The van der Waals surface area contributed by atoms with Crippen LogP contribution >= 0.6 is 0 Å². The zero-order valence-electron chi connectivity index (χ0n) is 15.3. The van der Waals surface area contributed by atoms with Crippen LogP contribution in [0.2, 0.25) is 0 Å². The molecule has 1 aromatic heterocycles. The zero-order chi connectivity index (χ0) is 17.2. The van der Waals surface area contributed by atoms with Gasteiger partial charge in [-0.3, -0.25) is 4.90 Å². The quantitative estimate of drug-likeness (QED) is 0.777. The molecule has 1 saturated carbocycles. The SMILES string of the molecule is CC(C)(C)OC(=O)N1CCCCC1n1cc(C2CCCCC2)cn1. The van der Waals surface area contributed by atoms with Gasteiger partial charge < -0.3 is 4.74 Å². The highest BCUT2D eigenvalue weighted by molar-refractivity contribution is 5.68. The Kier molecular flexibility index (Phi) is 5.16. The Bertz CT molecular complexity index is 555. The van der Waals surface area contributed by atoms with E-state index < -0.39 is 5.60 Å². The molecular weight excluding hydrogens is 302 g/mol. The molecule has 1 aromatic rings.